The molecule has 0 saturated carbocycles. The van der Waals surface area contributed by atoms with Crippen molar-refractivity contribution in [3.8, 4) is 5.75 Å². The maximum absolute atomic E-state index is 9.16. The average Bonchev–Trinajstić information content (AvgIpc) is 2.38. The molecular formula is C18H28O2. The van der Waals surface area contributed by atoms with Crippen molar-refractivity contribution in [2.24, 2.45) is 0 Å². The highest BCUT2D eigenvalue weighted by atomic mass is 16.5. The number of allylic oxidation sites excluding steroid dienone is 1. The predicted molar refractivity (Wildman–Crippen MR) is 86.5 cm³/mol. The summed E-state index contributed by atoms with van der Waals surface area (Å²) in [6, 6.07) is 4.46. The zero-order valence-electron chi connectivity index (χ0n) is 13.7. The Morgan fingerprint density at radius 2 is 1.85 bits per heavy atom. The Morgan fingerprint density at radius 3 is 2.30 bits per heavy atom. The van der Waals surface area contributed by atoms with E-state index >= 15 is 0 Å². The standard InChI is InChI=1S/C18H28O2/c1-7-20-18-16(13(4)5)10-15(12(2)3)11-17(18)14(6)8-9-19/h8,10-13,19H,7,9H2,1-6H3/b14-8-. The van der Waals surface area contributed by atoms with E-state index in [4.69, 9.17) is 9.84 Å². The van der Waals surface area contributed by atoms with E-state index in [0.717, 1.165) is 16.9 Å². The van der Waals surface area contributed by atoms with E-state index in [9.17, 15) is 0 Å². The molecular weight excluding hydrogens is 248 g/mol. The van der Waals surface area contributed by atoms with Gasteiger partial charge in [-0.2, -0.15) is 0 Å². The van der Waals surface area contributed by atoms with Gasteiger partial charge in [-0.1, -0.05) is 39.8 Å². The van der Waals surface area contributed by atoms with Crippen LogP contribution in [0.4, 0.5) is 0 Å². The molecule has 0 fully saturated rings. The largest absolute Gasteiger partial charge is 0.493 e. The second-order valence-electron chi connectivity index (χ2n) is 5.80. The predicted octanol–water partition coefficient (Wildman–Crippen LogP) is 4.73. The Labute approximate surface area is 123 Å². The first-order chi connectivity index (χ1) is 9.42. The molecule has 0 unspecified atom stereocenters. The number of benzene rings is 1. The molecule has 0 saturated heterocycles. The SMILES string of the molecule is CCOc1c(/C(C)=C\CO)cc(C(C)C)cc1C(C)C. The van der Waals surface area contributed by atoms with Gasteiger partial charge in [-0.15, -0.1) is 0 Å². The molecule has 1 N–H and O–H groups in total. The highest BCUT2D eigenvalue weighted by molar-refractivity contribution is 5.72. The second-order valence-corrected chi connectivity index (χ2v) is 5.80. The molecule has 0 aliphatic heterocycles. The van der Waals surface area contributed by atoms with Gasteiger partial charge in [0, 0.05) is 5.56 Å². The van der Waals surface area contributed by atoms with E-state index in [2.05, 4.69) is 39.8 Å². The quantitative estimate of drug-likeness (QED) is 0.814. The van der Waals surface area contributed by atoms with Crippen molar-refractivity contribution in [2.45, 2.75) is 53.4 Å². The third-order valence-electron chi connectivity index (χ3n) is 3.54. The third kappa shape index (κ3) is 3.86. The highest BCUT2D eigenvalue weighted by Crippen LogP contribution is 2.37. The highest BCUT2D eigenvalue weighted by Gasteiger charge is 2.17. The van der Waals surface area contributed by atoms with Crippen LogP contribution >= 0.6 is 0 Å². The van der Waals surface area contributed by atoms with Crippen LogP contribution in [0.1, 0.15) is 70.1 Å². The first-order valence-electron chi connectivity index (χ1n) is 7.50. The Bertz CT molecular complexity index is 471. The van der Waals surface area contributed by atoms with Gasteiger partial charge in [0.15, 0.2) is 0 Å². The Hall–Kier alpha value is -1.28. The van der Waals surface area contributed by atoms with Crippen LogP contribution < -0.4 is 4.74 Å². The number of aliphatic hydroxyl groups excluding tert-OH is 1. The monoisotopic (exact) mass is 276 g/mol. The van der Waals surface area contributed by atoms with E-state index in [0.29, 0.717) is 18.4 Å². The van der Waals surface area contributed by atoms with E-state index in [-0.39, 0.29) is 6.61 Å². The van der Waals surface area contributed by atoms with Crippen LogP contribution in [0.25, 0.3) is 5.57 Å². The molecule has 1 aromatic carbocycles. The normalized spacial score (nSPS) is 12.3. The second kappa shape index (κ2) is 7.49. The molecule has 0 aliphatic carbocycles. The van der Waals surface area contributed by atoms with E-state index in [1.807, 2.05) is 19.9 Å². The fourth-order valence-electron chi connectivity index (χ4n) is 2.28. The third-order valence-corrected chi connectivity index (χ3v) is 3.54. The smallest absolute Gasteiger partial charge is 0.130 e. The lowest BCUT2D eigenvalue weighted by molar-refractivity contribution is 0.333. The van der Waals surface area contributed by atoms with Crippen molar-refractivity contribution < 1.29 is 9.84 Å². The summed E-state index contributed by atoms with van der Waals surface area (Å²) >= 11 is 0. The van der Waals surface area contributed by atoms with Gasteiger partial charge in [0.25, 0.3) is 0 Å². The van der Waals surface area contributed by atoms with Crippen molar-refractivity contribution in [2.75, 3.05) is 13.2 Å². The average molecular weight is 276 g/mol. The summed E-state index contributed by atoms with van der Waals surface area (Å²) in [4.78, 5) is 0. The summed E-state index contributed by atoms with van der Waals surface area (Å²) in [5.41, 5.74) is 4.74. The van der Waals surface area contributed by atoms with Crippen LogP contribution in [0.3, 0.4) is 0 Å². The fraction of sp³-hybridized carbons (Fsp3) is 0.556. The van der Waals surface area contributed by atoms with Gasteiger partial charge in [0.2, 0.25) is 0 Å². The molecule has 0 heterocycles. The minimum Gasteiger partial charge on any atom is -0.493 e. The zero-order valence-corrected chi connectivity index (χ0v) is 13.7. The van der Waals surface area contributed by atoms with Gasteiger partial charge in [-0.25, -0.2) is 0 Å². The van der Waals surface area contributed by atoms with Gasteiger partial charge in [0.05, 0.1) is 13.2 Å². The van der Waals surface area contributed by atoms with Crippen molar-refractivity contribution in [1.29, 1.82) is 0 Å². The van der Waals surface area contributed by atoms with E-state index < -0.39 is 0 Å². The molecule has 2 nitrogen and oxygen atoms in total. The lowest BCUT2D eigenvalue weighted by Crippen LogP contribution is -2.04. The summed E-state index contributed by atoms with van der Waals surface area (Å²) in [5, 5.41) is 9.16. The Balaban J connectivity index is 3.54. The minimum absolute atomic E-state index is 0.0559. The number of hydrogen-bond donors (Lipinski definition) is 1. The lowest BCUT2D eigenvalue weighted by Gasteiger charge is -2.21. The first-order valence-corrected chi connectivity index (χ1v) is 7.50. The number of hydrogen-bond acceptors (Lipinski definition) is 2. The fourth-order valence-corrected chi connectivity index (χ4v) is 2.28. The molecule has 0 aliphatic rings. The molecule has 0 radical (unpaired) electrons. The maximum atomic E-state index is 9.16. The van der Waals surface area contributed by atoms with E-state index in [1.165, 1.54) is 11.1 Å². The van der Waals surface area contributed by atoms with Crippen LogP contribution in [-0.2, 0) is 0 Å². The molecule has 0 bridgehead atoms. The van der Waals surface area contributed by atoms with Crippen molar-refractivity contribution in [1.82, 2.24) is 0 Å². The Kier molecular flexibility index (Phi) is 6.28. The molecule has 112 valence electrons. The molecule has 0 amide bonds. The molecule has 0 spiro atoms. The summed E-state index contributed by atoms with van der Waals surface area (Å²) in [7, 11) is 0. The van der Waals surface area contributed by atoms with Gasteiger partial charge in [0.1, 0.15) is 5.75 Å². The summed E-state index contributed by atoms with van der Waals surface area (Å²) in [6.45, 7) is 13.5. The van der Waals surface area contributed by atoms with Gasteiger partial charge < -0.3 is 9.84 Å². The Morgan fingerprint density at radius 1 is 1.20 bits per heavy atom. The van der Waals surface area contributed by atoms with Crippen molar-refractivity contribution in [3.63, 3.8) is 0 Å². The topological polar surface area (TPSA) is 29.5 Å². The van der Waals surface area contributed by atoms with Crippen LogP contribution in [0.2, 0.25) is 0 Å². The molecule has 20 heavy (non-hydrogen) atoms. The van der Waals surface area contributed by atoms with Crippen molar-refractivity contribution >= 4 is 5.57 Å². The summed E-state index contributed by atoms with van der Waals surface area (Å²) in [5.74, 6) is 1.86. The molecule has 0 aromatic heterocycles. The van der Waals surface area contributed by atoms with Crippen LogP contribution in [0.5, 0.6) is 5.75 Å². The first kappa shape index (κ1) is 16.8. The van der Waals surface area contributed by atoms with Gasteiger partial charge in [-0.3, -0.25) is 0 Å². The van der Waals surface area contributed by atoms with Crippen molar-refractivity contribution in [3.05, 3.63) is 34.9 Å². The van der Waals surface area contributed by atoms with Crippen LogP contribution in [-0.4, -0.2) is 18.3 Å². The van der Waals surface area contributed by atoms with Gasteiger partial charge >= 0.3 is 0 Å². The molecule has 0 atom stereocenters. The van der Waals surface area contributed by atoms with Crippen LogP contribution in [0, 0.1) is 0 Å². The minimum atomic E-state index is 0.0559. The lowest BCUT2D eigenvalue weighted by atomic mass is 9.89. The number of rotatable bonds is 6. The number of aliphatic hydroxyl groups is 1. The van der Waals surface area contributed by atoms with Crippen LogP contribution in [0.15, 0.2) is 18.2 Å². The summed E-state index contributed by atoms with van der Waals surface area (Å²) < 4.78 is 5.91. The van der Waals surface area contributed by atoms with Gasteiger partial charge in [-0.05, 0) is 48.4 Å². The molecule has 1 rings (SSSR count). The molecule has 2 heteroatoms. The molecule has 1 aromatic rings. The van der Waals surface area contributed by atoms with E-state index in [1.54, 1.807) is 0 Å². The summed E-state index contributed by atoms with van der Waals surface area (Å²) in [6.07, 6.45) is 1.84. The maximum Gasteiger partial charge on any atom is 0.130 e. The zero-order chi connectivity index (χ0) is 15.3. The number of ether oxygens (including phenoxy) is 1.